The molecule has 1 aromatic rings. The summed E-state index contributed by atoms with van der Waals surface area (Å²) in [6, 6.07) is 5.44. The third-order valence-corrected chi connectivity index (χ3v) is 2.39. The van der Waals surface area contributed by atoms with E-state index < -0.39 is 6.04 Å². The van der Waals surface area contributed by atoms with Crippen molar-refractivity contribution in [3.05, 3.63) is 29.3 Å². The minimum absolute atomic E-state index is 0.159. The molecule has 0 radical (unpaired) electrons. The summed E-state index contributed by atoms with van der Waals surface area (Å²) in [7, 11) is 0. The number of carbonyl (C=O) groups is 1. The van der Waals surface area contributed by atoms with E-state index in [1.807, 2.05) is 32.0 Å². The van der Waals surface area contributed by atoms with E-state index in [9.17, 15) is 4.79 Å². The second kappa shape index (κ2) is 6.25. The van der Waals surface area contributed by atoms with Crippen molar-refractivity contribution in [2.45, 2.75) is 33.4 Å². The van der Waals surface area contributed by atoms with E-state index in [1.165, 1.54) is 0 Å². The van der Waals surface area contributed by atoms with Gasteiger partial charge in [-0.1, -0.05) is 12.1 Å². The molecule has 0 aliphatic carbocycles. The Hall–Kier alpha value is -1.55. The summed E-state index contributed by atoms with van der Waals surface area (Å²) in [4.78, 5) is 11.4. The van der Waals surface area contributed by atoms with E-state index in [1.54, 1.807) is 6.92 Å². The summed E-state index contributed by atoms with van der Waals surface area (Å²) in [5.41, 5.74) is 7.58. The van der Waals surface area contributed by atoms with Crippen molar-refractivity contribution in [3.8, 4) is 5.75 Å². The van der Waals surface area contributed by atoms with Crippen molar-refractivity contribution >= 4 is 5.91 Å². The average molecular weight is 236 g/mol. The van der Waals surface area contributed by atoms with E-state index in [2.05, 4.69) is 5.32 Å². The summed E-state index contributed by atoms with van der Waals surface area (Å²) in [5, 5.41) is 2.77. The number of rotatable bonds is 5. The zero-order chi connectivity index (χ0) is 12.8. The van der Waals surface area contributed by atoms with E-state index in [0.717, 1.165) is 16.9 Å². The maximum absolute atomic E-state index is 11.4. The molecular formula is C13H20N2O2. The van der Waals surface area contributed by atoms with Gasteiger partial charge in [-0.05, 0) is 32.4 Å². The smallest absolute Gasteiger partial charge is 0.236 e. The number of hydrogen-bond donors (Lipinski definition) is 2. The van der Waals surface area contributed by atoms with Gasteiger partial charge >= 0.3 is 0 Å². The first-order valence-electron chi connectivity index (χ1n) is 5.80. The van der Waals surface area contributed by atoms with Gasteiger partial charge in [0.1, 0.15) is 5.75 Å². The zero-order valence-electron chi connectivity index (χ0n) is 10.6. The zero-order valence-corrected chi connectivity index (χ0v) is 10.6. The van der Waals surface area contributed by atoms with E-state index in [4.69, 9.17) is 10.5 Å². The average Bonchev–Trinajstić information content (AvgIpc) is 2.28. The lowest BCUT2D eigenvalue weighted by Crippen LogP contribution is -2.37. The molecule has 3 N–H and O–H groups in total. The lowest BCUT2D eigenvalue weighted by atomic mass is 10.1. The number of carbonyl (C=O) groups excluding carboxylic acids is 1. The Morgan fingerprint density at radius 2 is 2.24 bits per heavy atom. The SMILES string of the molecule is CCOc1cc(C)ccc1CNC(=O)[C@H](C)N. The van der Waals surface area contributed by atoms with Gasteiger partial charge in [0.15, 0.2) is 0 Å². The van der Waals surface area contributed by atoms with Crippen LogP contribution in [0.5, 0.6) is 5.75 Å². The summed E-state index contributed by atoms with van der Waals surface area (Å²) in [6.45, 7) is 6.65. The minimum atomic E-state index is -0.490. The van der Waals surface area contributed by atoms with Crippen molar-refractivity contribution < 1.29 is 9.53 Å². The van der Waals surface area contributed by atoms with E-state index >= 15 is 0 Å². The Kier molecular flexibility index (Phi) is 4.97. The van der Waals surface area contributed by atoms with Crippen LogP contribution in [0.15, 0.2) is 18.2 Å². The fraction of sp³-hybridized carbons (Fsp3) is 0.462. The number of nitrogens with one attached hydrogen (secondary N) is 1. The van der Waals surface area contributed by atoms with Gasteiger partial charge in [-0.25, -0.2) is 0 Å². The molecule has 94 valence electrons. The highest BCUT2D eigenvalue weighted by Crippen LogP contribution is 2.20. The molecule has 0 saturated heterocycles. The number of hydrogen-bond acceptors (Lipinski definition) is 3. The van der Waals surface area contributed by atoms with Crippen LogP contribution in [0.3, 0.4) is 0 Å². The second-order valence-electron chi connectivity index (χ2n) is 4.05. The molecule has 0 heterocycles. The van der Waals surface area contributed by atoms with Crippen LogP contribution in [0, 0.1) is 6.92 Å². The third kappa shape index (κ3) is 4.07. The molecule has 17 heavy (non-hydrogen) atoms. The van der Waals surface area contributed by atoms with Crippen molar-refractivity contribution in [2.75, 3.05) is 6.61 Å². The van der Waals surface area contributed by atoms with Crippen LogP contribution in [0.4, 0.5) is 0 Å². The first-order valence-corrected chi connectivity index (χ1v) is 5.80. The Balaban J connectivity index is 2.72. The van der Waals surface area contributed by atoms with Crippen LogP contribution >= 0.6 is 0 Å². The van der Waals surface area contributed by atoms with E-state index in [-0.39, 0.29) is 5.91 Å². The lowest BCUT2D eigenvalue weighted by molar-refractivity contribution is -0.122. The quantitative estimate of drug-likeness (QED) is 0.811. The van der Waals surface area contributed by atoms with Crippen LogP contribution in [-0.4, -0.2) is 18.6 Å². The molecule has 0 fully saturated rings. The predicted molar refractivity (Wildman–Crippen MR) is 67.8 cm³/mol. The molecule has 0 spiro atoms. The largest absolute Gasteiger partial charge is 0.494 e. The molecule has 0 saturated carbocycles. The summed E-state index contributed by atoms with van der Waals surface area (Å²) >= 11 is 0. The van der Waals surface area contributed by atoms with Gasteiger partial charge in [-0.3, -0.25) is 4.79 Å². The molecule has 4 nitrogen and oxygen atoms in total. The number of ether oxygens (including phenoxy) is 1. The number of benzene rings is 1. The first kappa shape index (κ1) is 13.5. The topological polar surface area (TPSA) is 64.3 Å². The monoisotopic (exact) mass is 236 g/mol. The molecule has 1 aromatic carbocycles. The highest BCUT2D eigenvalue weighted by atomic mass is 16.5. The van der Waals surface area contributed by atoms with Gasteiger partial charge in [-0.2, -0.15) is 0 Å². The molecule has 0 unspecified atom stereocenters. The Morgan fingerprint density at radius 3 is 2.82 bits per heavy atom. The molecule has 4 heteroatoms. The Bertz CT molecular complexity index is 389. The summed E-state index contributed by atoms with van der Waals surface area (Å²) in [5.74, 6) is 0.658. The summed E-state index contributed by atoms with van der Waals surface area (Å²) in [6.07, 6.45) is 0. The molecule has 0 aliphatic heterocycles. The highest BCUT2D eigenvalue weighted by molar-refractivity contribution is 5.80. The maximum atomic E-state index is 11.4. The maximum Gasteiger partial charge on any atom is 0.236 e. The minimum Gasteiger partial charge on any atom is -0.494 e. The highest BCUT2D eigenvalue weighted by Gasteiger charge is 2.09. The van der Waals surface area contributed by atoms with Gasteiger partial charge in [0.05, 0.1) is 12.6 Å². The normalized spacial score (nSPS) is 12.0. The standard InChI is InChI=1S/C13H20N2O2/c1-4-17-12-7-9(2)5-6-11(12)8-15-13(16)10(3)14/h5-7,10H,4,8,14H2,1-3H3,(H,15,16)/t10-/m0/s1. The molecule has 0 aliphatic rings. The third-order valence-electron chi connectivity index (χ3n) is 2.39. The molecule has 1 rings (SSSR count). The van der Waals surface area contributed by atoms with Gasteiger partial charge < -0.3 is 15.8 Å². The second-order valence-corrected chi connectivity index (χ2v) is 4.05. The van der Waals surface area contributed by atoms with Crippen molar-refractivity contribution in [3.63, 3.8) is 0 Å². The van der Waals surface area contributed by atoms with Crippen molar-refractivity contribution in [1.29, 1.82) is 0 Å². The number of nitrogens with two attached hydrogens (primary N) is 1. The lowest BCUT2D eigenvalue weighted by Gasteiger charge is -2.13. The van der Waals surface area contributed by atoms with E-state index in [0.29, 0.717) is 13.2 Å². The number of amides is 1. The molecule has 1 amide bonds. The fourth-order valence-electron chi connectivity index (χ4n) is 1.44. The first-order chi connectivity index (χ1) is 8.04. The Labute approximate surface area is 102 Å². The molecular weight excluding hydrogens is 216 g/mol. The number of aryl methyl sites for hydroxylation is 1. The van der Waals surface area contributed by atoms with Crippen molar-refractivity contribution in [1.82, 2.24) is 5.32 Å². The van der Waals surface area contributed by atoms with Gasteiger partial charge in [-0.15, -0.1) is 0 Å². The van der Waals surface area contributed by atoms with Crippen LogP contribution in [0.2, 0.25) is 0 Å². The fourth-order valence-corrected chi connectivity index (χ4v) is 1.44. The molecule has 0 bridgehead atoms. The van der Waals surface area contributed by atoms with Crippen LogP contribution < -0.4 is 15.8 Å². The Morgan fingerprint density at radius 1 is 1.53 bits per heavy atom. The molecule has 0 aromatic heterocycles. The summed E-state index contributed by atoms with van der Waals surface area (Å²) < 4.78 is 5.53. The van der Waals surface area contributed by atoms with Gasteiger partial charge in [0.25, 0.3) is 0 Å². The molecule has 1 atom stereocenters. The predicted octanol–water partition coefficient (Wildman–Crippen LogP) is 1.36. The van der Waals surface area contributed by atoms with Crippen molar-refractivity contribution in [2.24, 2.45) is 5.73 Å². The van der Waals surface area contributed by atoms with Gasteiger partial charge in [0.2, 0.25) is 5.91 Å². The van der Waals surface area contributed by atoms with Crippen LogP contribution in [0.25, 0.3) is 0 Å². The van der Waals surface area contributed by atoms with Crippen LogP contribution in [-0.2, 0) is 11.3 Å². The van der Waals surface area contributed by atoms with Crippen LogP contribution in [0.1, 0.15) is 25.0 Å². The van der Waals surface area contributed by atoms with Gasteiger partial charge in [0, 0.05) is 12.1 Å².